The van der Waals surface area contributed by atoms with Crippen molar-refractivity contribution in [3.8, 4) is 0 Å². The van der Waals surface area contributed by atoms with Crippen molar-refractivity contribution >= 4 is 38.4 Å². The average molecular weight is 607 g/mol. The second-order valence-electron chi connectivity index (χ2n) is 11.9. The van der Waals surface area contributed by atoms with Crippen molar-refractivity contribution in [1.29, 1.82) is 0 Å². The van der Waals surface area contributed by atoms with Gasteiger partial charge in [-0.25, -0.2) is 8.42 Å². The fraction of sp³-hybridized carbons (Fsp3) is 0.412. The zero-order chi connectivity index (χ0) is 31.4. The number of methoxy groups -OCH3 is 1. The van der Waals surface area contributed by atoms with Crippen LogP contribution in [0.5, 0.6) is 0 Å². The molecule has 0 saturated carbocycles. The molecule has 2 atom stereocenters. The Balaban J connectivity index is 1.72. The van der Waals surface area contributed by atoms with Crippen LogP contribution in [-0.2, 0) is 26.0 Å². The maximum atomic E-state index is 14.1. The molecule has 2 aromatic carbocycles. The first-order valence-corrected chi connectivity index (χ1v) is 16.3. The van der Waals surface area contributed by atoms with Gasteiger partial charge in [0.2, 0.25) is 10.0 Å². The quantitative estimate of drug-likeness (QED) is 0.234. The molecule has 43 heavy (non-hydrogen) atoms. The number of carbonyl (C=O) groups is 2. The van der Waals surface area contributed by atoms with Gasteiger partial charge >= 0.3 is 5.97 Å². The first-order valence-electron chi connectivity index (χ1n) is 14.8. The van der Waals surface area contributed by atoms with Crippen LogP contribution in [0.2, 0.25) is 0 Å². The van der Waals surface area contributed by atoms with E-state index in [1.807, 2.05) is 55.5 Å². The Bertz CT molecular complexity index is 1640. The van der Waals surface area contributed by atoms with Crippen molar-refractivity contribution < 1.29 is 27.2 Å². The predicted molar refractivity (Wildman–Crippen MR) is 170 cm³/mol. The van der Waals surface area contributed by atoms with Crippen LogP contribution < -0.4 is 10.0 Å². The average Bonchev–Trinajstić information content (AvgIpc) is 3.33. The molecule has 0 spiro atoms. The molecule has 1 aromatic heterocycles. The maximum Gasteiger partial charge on any atom is 0.324 e. The van der Waals surface area contributed by atoms with E-state index in [0.717, 1.165) is 41.3 Å². The smallest absolute Gasteiger partial charge is 0.324 e. The second-order valence-corrected chi connectivity index (χ2v) is 13.9. The third-order valence-corrected chi connectivity index (χ3v) is 9.88. The van der Waals surface area contributed by atoms with Crippen LogP contribution in [0.3, 0.4) is 0 Å². The van der Waals surface area contributed by atoms with Gasteiger partial charge in [-0.05, 0) is 60.4 Å². The number of rotatable bonds is 12. The number of furan rings is 1. The molecule has 1 aliphatic carbocycles. The molecule has 0 bridgehead atoms. The summed E-state index contributed by atoms with van der Waals surface area (Å²) in [6.45, 7) is 9.64. The number of ether oxygens (including phenoxy) is 1. The van der Waals surface area contributed by atoms with E-state index >= 15 is 0 Å². The van der Waals surface area contributed by atoms with Gasteiger partial charge in [0.25, 0.3) is 5.91 Å². The molecule has 1 heterocycles. The Kier molecular flexibility index (Phi) is 9.97. The Hall–Kier alpha value is -3.69. The maximum absolute atomic E-state index is 14.1. The van der Waals surface area contributed by atoms with Gasteiger partial charge in [-0.15, -0.1) is 0 Å². The van der Waals surface area contributed by atoms with Gasteiger partial charge in [0.1, 0.15) is 11.6 Å². The summed E-state index contributed by atoms with van der Waals surface area (Å²) in [7, 11) is -3.17. The fourth-order valence-electron chi connectivity index (χ4n) is 5.44. The van der Waals surface area contributed by atoms with Crippen LogP contribution in [0.25, 0.3) is 16.5 Å². The molecule has 0 saturated heterocycles. The number of esters is 1. The molecule has 1 aliphatic rings. The first-order chi connectivity index (χ1) is 20.4. The van der Waals surface area contributed by atoms with Crippen molar-refractivity contribution in [2.24, 2.45) is 11.8 Å². The summed E-state index contributed by atoms with van der Waals surface area (Å²) in [5, 5.41) is 3.65. The minimum Gasteiger partial charge on any atom is -0.468 e. The summed E-state index contributed by atoms with van der Waals surface area (Å²) >= 11 is 0. The number of aryl methyl sites for hydroxylation is 2. The number of benzene rings is 2. The van der Waals surface area contributed by atoms with E-state index in [2.05, 4.69) is 23.9 Å². The molecule has 1 amide bonds. The molecular weight excluding hydrogens is 564 g/mol. The van der Waals surface area contributed by atoms with Crippen molar-refractivity contribution in [2.75, 3.05) is 7.11 Å². The van der Waals surface area contributed by atoms with Crippen molar-refractivity contribution in [1.82, 2.24) is 10.0 Å². The molecule has 0 aliphatic heterocycles. The van der Waals surface area contributed by atoms with Gasteiger partial charge in [-0.3, -0.25) is 9.59 Å². The van der Waals surface area contributed by atoms with E-state index < -0.39 is 38.7 Å². The van der Waals surface area contributed by atoms with Crippen LogP contribution in [0.15, 0.2) is 71.2 Å². The third-order valence-electron chi connectivity index (χ3n) is 7.95. The molecule has 0 fully saturated rings. The predicted octanol–water partition coefficient (Wildman–Crippen LogP) is 6.31. The van der Waals surface area contributed by atoms with E-state index in [9.17, 15) is 18.0 Å². The second kappa shape index (κ2) is 13.3. The number of sulfonamides is 1. The van der Waals surface area contributed by atoms with Crippen LogP contribution in [0.1, 0.15) is 74.2 Å². The largest absolute Gasteiger partial charge is 0.468 e. The molecular formula is C34H42N2O6S. The lowest BCUT2D eigenvalue weighted by atomic mass is 9.96. The lowest BCUT2D eigenvalue weighted by molar-refractivity contribution is -0.143. The minimum absolute atomic E-state index is 0.0560. The highest BCUT2D eigenvalue weighted by Gasteiger charge is 2.47. The number of amides is 1. The molecule has 9 heteroatoms. The van der Waals surface area contributed by atoms with E-state index in [1.165, 1.54) is 13.2 Å². The zero-order valence-electron chi connectivity index (χ0n) is 25.8. The summed E-state index contributed by atoms with van der Waals surface area (Å²) in [5.41, 5.74) is 4.06. The van der Waals surface area contributed by atoms with Gasteiger partial charge in [0, 0.05) is 17.4 Å². The Morgan fingerprint density at radius 3 is 2.37 bits per heavy atom. The highest BCUT2D eigenvalue weighted by atomic mass is 32.2. The summed E-state index contributed by atoms with van der Waals surface area (Å²) in [5.74, 6) is -1.12. The van der Waals surface area contributed by atoms with Gasteiger partial charge in [0.15, 0.2) is 10.6 Å². The summed E-state index contributed by atoms with van der Waals surface area (Å²) < 4.78 is 41.6. The van der Waals surface area contributed by atoms with Crippen LogP contribution in [-0.4, -0.2) is 38.3 Å². The van der Waals surface area contributed by atoms with Gasteiger partial charge < -0.3 is 14.5 Å². The number of hydrogen-bond acceptors (Lipinski definition) is 6. The Morgan fingerprint density at radius 1 is 1.05 bits per heavy atom. The third kappa shape index (κ3) is 6.94. The molecule has 3 aromatic rings. The lowest BCUT2D eigenvalue weighted by Crippen LogP contribution is -2.60. The van der Waals surface area contributed by atoms with Gasteiger partial charge in [-0.2, -0.15) is 4.72 Å². The molecule has 1 unspecified atom stereocenters. The standard InChI is InChI=1S/C34H42N2O6S/c1-22(2)12-10-15-27-16-11-17-28-29(27)24(5)31(42-28)32(37)35-34(43(39,40)36-30(23(3)4)33(38)41-6)20-18-26(19-21-34)25-13-8-7-9-14-25/h7-9,11,13-14,16-20,22-23,30,36H,10,12,15,21H2,1-6H3,(H,35,37)/t30-,34?/m0/s1. The fourth-order valence-corrected chi connectivity index (χ4v) is 7.13. The first kappa shape index (κ1) is 32.2. The Morgan fingerprint density at radius 2 is 1.77 bits per heavy atom. The number of allylic oxidation sites excluding steroid dienone is 2. The summed E-state index contributed by atoms with van der Waals surface area (Å²) in [6, 6.07) is 14.2. The highest BCUT2D eigenvalue weighted by molar-refractivity contribution is 7.91. The van der Waals surface area contributed by atoms with Crippen LogP contribution >= 0.6 is 0 Å². The molecule has 8 nitrogen and oxygen atoms in total. The summed E-state index contributed by atoms with van der Waals surface area (Å²) in [6.07, 6.45) is 7.80. The Labute approximate surface area is 254 Å². The minimum atomic E-state index is -4.38. The van der Waals surface area contributed by atoms with E-state index in [4.69, 9.17) is 9.15 Å². The van der Waals surface area contributed by atoms with Crippen LogP contribution in [0, 0.1) is 18.8 Å². The number of nitrogens with one attached hydrogen (secondary N) is 2. The van der Waals surface area contributed by atoms with Crippen molar-refractivity contribution in [2.45, 2.75) is 71.2 Å². The number of fused-ring (bicyclic) bond motifs is 1. The molecule has 4 rings (SSSR count). The van der Waals surface area contributed by atoms with Crippen molar-refractivity contribution in [3.63, 3.8) is 0 Å². The normalized spacial score (nSPS) is 17.7. The molecule has 230 valence electrons. The van der Waals surface area contributed by atoms with E-state index in [1.54, 1.807) is 26.0 Å². The van der Waals surface area contributed by atoms with E-state index in [-0.39, 0.29) is 12.2 Å². The van der Waals surface area contributed by atoms with E-state index in [0.29, 0.717) is 17.1 Å². The highest BCUT2D eigenvalue weighted by Crippen LogP contribution is 2.34. The molecule has 2 N–H and O–H groups in total. The lowest BCUT2D eigenvalue weighted by Gasteiger charge is -2.34. The topological polar surface area (TPSA) is 115 Å². The molecule has 0 radical (unpaired) electrons. The zero-order valence-corrected chi connectivity index (χ0v) is 26.6. The number of hydrogen-bond donors (Lipinski definition) is 2. The van der Waals surface area contributed by atoms with Crippen molar-refractivity contribution in [3.05, 3.63) is 89.2 Å². The van der Waals surface area contributed by atoms with Gasteiger partial charge in [0.05, 0.1) is 7.11 Å². The monoisotopic (exact) mass is 606 g/mol. The SMILES string of the molecule is COC(=O)[C@@H](NS(=O)(=O)C1(NC(=O)c2oc3cccc(CCCC(C)C)c3c2C)C=CC(c2ccccc2)=CC1)C(C)C. The number of carbonyl (C=O) groups excluding carboxylic acids is 2. The van der Waals surface area contributed by atoms with Gasteiger partial charge in [-0.1, -0.05) is 88.7 Å². The summed E-state index contributed by atoms with van der Waals surface area (Å²) in [4.78, 5) is 24.5. The van der Waals surface area contributed by atoms with Crippen LogP contribution in [0.4, 0.5) is 0 Å².